The van der Waals surface area contributed by atoms with Crippen molar-refractivity contribution in [1.29, 1.82) is 0 Å². The molecule has 0 aromatic heterocycles. The van der Waals surface area contributed by atoms with Crippen LogP contribution < -0.4 is 10.1 Å². The predicted octanol–water partition coefficient (Wildman–Crippen LogP) is 5.47. The summed E-state index contributed by atoms with van der Waals surface area (Å²) in [6, 6.07) is 6.73. The van der Waals surface area contributed by atoms with Gasteiger partial charge in [0.2, 0.25) is 0 Å². The summed E-state index contributed by atoms with van der Waals surface area (Å²) in [4.78, 5) is 0. The van der Waals surface area contributed by atoms with Crippen LogP contribution in [0.2, 0.25) is 0 Å². The van der Waals surface area contributed by atoms with Crippen molar-refractivity contribution in [2.45, 2.75) is 57.9 Å². The monoisotopic (exact) mass is 353 g/mol. The summed E-state index contributed by atoms with van der Waals surface area (Å²) in [6.07, 6.45) is 9.44. The van der Waals surface area contributed by atoms with Crippen LogP contribution in [-0.2, 0) is 0 Å². The molecule has 0 spiro atoms. The summed E-state index contributed by atoms with van der Waals surface area (Å²) >= 11 is 3.72. The minimum absolute atomic E-state index is 0.428. The molecule has 1 aliphatic carbocycles. The van der Waals surface area contributed by atoms with Crippen LogP contribution >= 0.6 is 15.9 Å². The van der Waals surface area contributed by atoms with E-state index in [-0.39, 0.29) is 0 Å². The average Bonchev–Trinajstić information content (AvgIpc) is 2.53. The Balaban J connectivity index is 2.13. The summed E-state index contributed by atoms with van der Waals surface area (Å²) in [5.74, 6) is 1.81. The van der Waals surface area contributed by atoms with Gasteiger partial charge in [-0.25, -0.2) is 0 Å². The summed E-state index contributed by atoms with van der Waals surface area (Å²) in [5, 5.41) is 3.74. The number of halogens is 1. The third kappa shape index (κ3) is 5.00. The van der Waals surface area contributed by atoms with Gasteiger partial charge in [0, 0.05) is 10.5 Å². The molecule has 1 aromatic rings. The van der Waals surface area contributed by atoms with Crippen LogP contribution in [0.4, 0.5) is 0 Å². The molecule has 2 nitrogen and oxygen atoms in total. The van der Waals surface area contributed by atoms with Gasteiger partial charge in [0.25, 0.3) is 0 Å². The maximum Gasteiger partial charge on any atom is 0.119 e. The van der Waals surface area contributed by atoms with Gasteiger partial charge in [-0.15, -0.1) is 0 Å². The number of hydrogen-bond acceptors (Lipinski definition) is 2. The highest BCUT2D eigenvalue weighted by Crippen LogP contribution is 2.35. The fourth-order valence-electron chi connectivity index (χ4n) is 3.31. The first-order chi connectivity index (χ1) is 10.2. The third-order valence-electron chi connectivity index (χ3n) is 4.51. The Labute approximate surface area is 137 Å². The van der Waals surface area contributed by atoms with Gasteiger partial charge in [-0.2, -0.15) is 0 Å². The van der Waals surface area contributed by atoms with Crippen LogP contribution in [0, 0.1) is 5.92 Å². The number of nitrogens with one attached hydrogen (secondary N) is 1. The van der Waals surface area contributed by atoms with Crippen molar-refractivity contribution < 1.29 is 4.74 Å². The van der Waals surface area contributed by atoms with E-state index in [1.54, 1.807) is 7.11 Å². The van der Waals surface area contributed by atoms with E-state index in [1.165, 1.54) is 55.0 Å². The molecule has 1 fully saturated rings. The number of methoxy groups -OCH3 is 1. The Morgan fingerprint density at radius 2 is 2.05 bits per heavy atom. The van der Waals surface area contributed by atoms with Crippen molar-refractivity contribution >= 4 is 15.9 Å². The van der Waals surface area contributed by atoms with E-state index < -0.39 is 0 Å². The minimum atomic E-state index is 0.428. The fourth-order valence-corrected chi connectivity index (χ4v) is 3.83. The number of hydrogen-bond donors (Lipinski definition) is 1. The quantitative estimate of drug-likeness (QED) is 0.701. The average molecular weight is 354 g/mol. The van der Waals surface area contributed by atoms with E-state index in [1.807, 2.05) is 6.07 Å². The van der Waals surface area contributed by atoms with Crippen LogP contribution in [0.1, 0.15) is 63.5 Å². The lowest BCUT2D eigenvalue weighted by Crippen LogP contribution is -2.25. The van der Waals surface area contributed by atoms with E-state index >= 15 is 0 Å². The molecule has 0 radical (unpaired) electrons. The maximum absolute atomic E-state index is 5.41. The largest absolute Gasteiger partial charge is 0.497 e. The van der Waals surface area contributed by atoms with Crippen molar-refractivity contribution in [3.05, 3.63) is 28.2 Å². The number of rotatable bonds is 7. The van der Waals surface area contributed by atoms with Crippen LogP contribution in [0.15, 0.2) is 22.7 Å². The lowest BCUT2D eigenvalue weighted by atomic mass is 9.83. The Kier molecular flexibility index (Phi) is 7.05. The molecule has 1 N–H and O–H groups in total. The number of benzene rings is 1. The van der Waals surface area contributed by atoms with E-state index in [4.69, 9.17) is 4.74 Å². The molecule has 1 aromatic carbocycles. The molecule has 118 valence electrons. The molecule has 1 unspecified atom stereocenters. The highest BCUT2D eigenvalue weighted by molar-refractivity contribution is 9.10. The van der Waals surface area contributed by atoms with E-state index in [9.17, 15) is 0 Å². The summed E-state index contributed by atoms with van der Waals surface area (Å²) in [7, 11) is 1.74. The second-order valence-corrected chi connectivity index (χ2v) is 6.99. The summed E-state index contributed by atoms with van der Waals surface area (Å²) < 4.78 is 6.59. The molecule has 0 aliphatic heterocycles. The van der Waals surface area contributed by atoms with Crippen LogP contribution in [0.25, 0.3) is 0 Å². The Morgan fingerprint density at radius 3 is 2.71 bits per heavy atom. The normalized spacial score (nSPS) is 17.7. The Bertz CT molecular complexity index is 429. The Morgan fingerprint density at radius 1 is 1.29 bits per heavy atom. The highest BCUT2D eigenvalue weighted by Gasteiger charge is 2.21. The van der Waals surface area contributed by atoms with Gasteiger partial charge in [-0.1, -0.05) is 55.0 Å². The first-order valence-electron chi connectivity index (χ1n) is 8.31. The van der Waals surface area contributed by atoms with Crippen LogP contribution in [-0.4, -0.2) is 13.7 Å². The summed E-state index contributed by atoms with van der Waals surface area (Å²) in [6.45, 7) is 3.30. The van der Waals surface area contributed by atoms with Gasteiger partial charge < -0.3 is 10.1 Å². The zero-order chi connectivity index (χ0) is 15.1. The van der Waals surface area contributed by atoms with Gasteiger partial charge in [-0.05, 0) is 49.1 Å². The molecule has 1 aliphatic rings. The van der Waals surface area contributed by atoms with E-state index in [0.29, 0.717) is 6.04 Å². The maximum atomic E-state index is 5.41. The van der Waals surface area contributed by atoms with Crippen LogP contribution in [0.3, 0.4) is 0 Å². The molecule has 0 bridgehead atoms. The second-order valence-electron chi connectivity index (χ2n) is 6.13. The molecule has 2 rings (SSSR count). The van der Waals surface area contributed by atoms with Gasteiger partial charge in [0.05, 0.1) is 7.11 Å². The minimum Gasteiger partial charge on any atom is -0.497 e. The van der Waals surface area contributed by atoms with Crippen molar-refractivity contribution in [1.82, 2.24) is 5.32 Å². The molecule has 21 heavy (non-hydrogen) atoms. The molecular formula is C18H28BrNO. The van der Waals surface area contributed by atoms with Gasteiger partial charge in [0.15, 0.2) is 0 Å². The van der Waals surface area contributed by atoms with Crippen LogP contribution in [0.5, 0.6) is 5.75 Å². The first-order valence-corrected chi connectivity index (χ1v) is 9.10. The van der Waals surface area contributed by atoms with E-state index in [2.05, 4.69) is 40.3 Å². The lowest BCUT2D eigenvalue weighted by molar-refractivity contribution is 0.299. The zero-order valence-corrected chi connectivity index (χ0v) is 14.9. The van der Waals surface area contributed by atoms with Crippen molar-refractivity contribution in [3.63, 3.8) is 0 Å². The third-order valence-corrected chi connectivity index (χ3v) is 5.24. The molecule has 1 saturated carbocycles. The van der Waals surface area contributed by atoms with E-state index in [0.717, 1.165) is 18.2 Å². The standard InChI is InChI=1S/C18H28BrNO/c1-3-11-20-18(12-14-7-5-4-6-8-14)16-13-15(21-2)9-10-17(16)19/h9-10,13-14,18,20H,3-8,11-12H2,1-2H3. The molecule has 3 heteroatoms. The molecule has 0 saturated heterocycles. The topological polar surface area (TPSA) is 21.3 Å². The van der Waals surface area contributed by atoms with Gasteiger partial charge in [-0.3, -0.25) is 0 Å². The fraction of sp³-hybridized carbons (Fsp3) is 0.667. The van der Waals surface area contributed by atoms with Gasteiger partial charge >= 0.3 is 0 Å². The molecule has 0 amide bonds. The van der Waals surface area contributed by atoms with Gasteiger partial charge in [0.1, 0.15) is 5.75 Å². The predicted molar refractivity (Wildman–Crippen MR) is 92.9 cm³/mol. The first kappa shape index (κ1) is 16.8. The number of ether oxygens (including phenoxy) is 1. The zero-order valence-electron chi connectivity index (χ0n) is 13.3. The second kappa shape index (κ2) is 8.79. The highest BCUT2D eigenvalue weighted by atomic mass is 79.9. The molecule has 0 heterocycles. The summed E-state index contributed by atoms with van der Waals surface area (Å²) in [5.41, 5.74) is 1.34. The smallest absolute Gasteiger partial charge is 0.119 e. The molecular weight excluding hydrogens is 326 g/mol. The lowest BCUT2D eigenvalue weighted by Gasteiger charge is -2.28. The molecule has 1 atom stereocenters. The SMILES string of the molecule is CCCNC(CC1CCCCC1)c1cc(OC)ccc1Br. The Hall–Kier alpha value is -0.540. The van der Waals surface area contributed by atoms with Crippen molar-refractivity contribution in [2.75, 3.05) is 13.7 Å². The van der Waals surface area contributed by atoms with Crippen molar-refractivity contribution in [3.8, 4) is 5.75 Å². The van der Waals surface area contributed by atoms with Crippen molar-refractivity contribution in [2.24, 2.45) is 5.92 Å².